The molecule has 4 amide bonds. The molecule has 0 spiro atoms. The molecule has 352 valence electrons. The lowest BCUT2D eigenvalue weighted by atomic mass is 10.0. The van der Waals surface area contributed by atoms with Gasteiger partial charge in [-0.15, -0.1) is 0 Å². The first-order chi connectivity index (χ1) is 27.1. The molecule has 0 aromatic heterocycles. The van der Waals surface area contributed by atoms with Gasteiger partial charge >= 0.3 is 42.4 Å². The van der Waals surface area contributed by atoms with Crippen molar-refractivity contribution >= 4 is 47.5 Å². The van der Waals surface area contributed by atoms with Gasteiger partial charge in [0.2, 0.25) is 23.6 Å². The highest BCUT2D eigenvalue weighted by Gasteiger charge is 2.40. The molecule has 0 saturated carbocycles. The fraction of sp³-hybridized carbons (Fsp3) is 0.724. The number of alkyl halides is 9. The van der Waals surface area contributed by atoms with Gasteiger partial charge in [0.25, 0.3) is 0 Å². The maximum Gasteiger partial charge on any atom is 0.490 e. The molecule has 0 aliphatic rings. The van der Waals surface area contributed by atoms with Crippen LogP contribution in [0.3, 0.4) is 0 Å². The third kappa shape index (κ3) is 30.0. The quantitative estimate of drug-likeness (QED) is 0.0435. The number of rotatable bonds is 20. The summed E-state index contributed by atoms with van der Waals surface area (Å²) < 4.78 is 95.2. The van der Waals surface area contributed by atoms with E-state index >= 15 is 0 Å². The molecule has 0 radical (unpaired) electrons. The maximum atomic E-state index is 13.0. The van der Waals surface area contributed by atoms with E-state index in [0.717, 1.165) is 0 Å². The van der Waals surface area contributed by atoms with E-state index in [-0.39, 0.29) is 6.42 Å². The van der Waals surface area contributed by atoms with Crippen LogP contribution in [-0.4, -0.2) is 164 Å². The van der Waals surface area contributed by atoms with Crippen LogP contribution < -0.4 is 38.5 Å². The topological polar surface area (TPSA) is 404 Å². The summed E-state index contributed by atoms with van der Waals surface area (Å²) >= 11 is 0. The minimum atomic E-state index is -5.08. The van der Waals surface area contributed by atoms with Gasteiger partial charge in [-0.3, -0.25) is 19.2 Å². The van der Waals surface area contributed by atoms with Gasteiger partial charge in [-0.2, -0.15) is 39.5 Å². The summed E-state index contributed by atoms with van der Waals surface area (Å²) in [4.78, 5) is 88.8. The molecular weight excluding hydrogens is 857 g/mol. The molecule has 0 fully saturated rings. The van der Waals surface area contributed by atoms with Gasteiger partial charge in [0.15, 0.2) is 0 Å². The lowest BCUT2D eigenvalue weighted by molar-refractivity contribution is -0.193. The van der Waals surface area contributed by atoms with Crippen LogP contribution in [0.4, 0.5) is 39.5 Å². The summed E-state index contributed by atoms with van der Waals surface area (Å²) in [5, 5.41) is 69.0. The number of aliphatic hydroxyl groups excluding tert-OH is 3. The Kier molecular flexibility index (Phi) is 30.8. The maximum absolute atomic E-state index is 13.0. The van der Waals surface area contributed by atoms with E-state index in [9.17, 15) is 78.8 Å². The van der Waals surface area contributed by atoms with Crippen molar-refractivity contribution in [2.24, 2.45) is 17.2 Å². The van der Waals surface area contributed by atoms with Crippen LogP contribution in [0.25, 0.3) is 0 Å². The van der Waals surface area contributed by atoms with E-state index in [1.54, 1.807) is 0 Å². The van der Waals surface area contributed by atoms with Crippen LogP contribution >= 0.6 is 0 Å². The van der Waals surface area contributed by atoms with Crippen molar-refractivity contribution in [3.63, 3.8) is 0 Å². The summed E-state index contributed by atoms with van der Waals surface area (Å²) in [7, 11) is 0. The van der Waals surface area contributed by atoms with Gasteiger partial charge in [-0.25, -0.2) is 19.2 Å². The summed E-state index contributed by atoms with van der Waals surface area (Å²) in [6.45, 7) is 2.27. The molecule has 0 heterocycles. The molecule has 17 N–H and O–H groups in total. The van der Waals surface area contributed by atoms with Gasteiger partial charge in [-0.1, -0.05) is 6.42 Å². The van der Waals surface area contributed by atoms with Crippen molar-refractivity contribution in [3.05, 3.63) is 0 Å². The molecule has 31 heteroatoms. The van der Waals surface area contributed by atoms with Gasteiger partial charge in [0.05, 0.1) is 24.9 Å². The molecular formula is C29H48F9N7O15. The Morgan fingerprint density at radius 2 is 0.817 bits per heavy atom. The highest BCUT2D eigenvalue weighted by atomic mass is 19.4. The molecule has 0 aliphatic heterocycles. The summed E-state index contributed by atoms with van der Waals surface area (Å²) in [5.41, 5.74) is 16.7. The zero-order valence-electron chi connectivity index (χ0n) is 31.4. The second kappa shape index (κ2) is 30.0. The Labute approximate surface area is 333 Å². The number of hydrogen-bond donors (Lipinski definition) is 14. The SMILES string of the molecule is C[C@@H](O)[C@H](NC(=O)[C@@H](NC(=O)[C@@H](N)CCCCN)[C@@H](C)O)C(=O)N[C@@H](CCCCN)C(=O)N[C@@H](CO)C(=O)O.O=C(O)C(F)(F)F.O=C(O)C(F)(F)F.O=C(O)C(F)(F)F. The van der Waals surface area contributed by atoms with Crippen molar-refractivity contribution in [2.75, 3.05) is 19.7 Å². The molecule has 22 nitrogen and oxygen atoms in total. The average Bonchev–Trinajstić information content (AvgIpc) is 3.10. The van der Waals surface area contributed by atoms with Crippen LogP contribution in [0.15, 0.2) is 0 Å². The Bertz CT molecular complexity index is 1310. The lowest BCUT2D eigenvalue weighted by Crippen LogP contribution is -2.62. The number of carbonyl (C=O) groups is 8. The molecule has 0 saturated heterocycles. The van der Waals surface area contributed by atoms with E-state index in [0.29, 0.717) is 45.2 Å². The number of hydrogen-bond acceptors (Lipinski definition) is 14. The van der Waals surface area contributed by atoms with E-state index in [1.165, 1.54) is 13.8 Å². The third-order valence-corrected chi connectivity index (χ3v) is 6.54. The fourth-order valence-electron chi connectivity index (χ4n) is 3.43. The number of amides is 4. The molecule has 0 aliphatic carbocycles. The van der Waals surface area contributed by atoms with Crippen molar-refractivity contribution in [3.8, 4) is 0 Å². The molecule has 0 rings (SSSR count). The van der Waals surface area contributed by atoms with Crippen LogP contribution in [-0.2, 0) is 38.4 Å². The number of aliphatic hydroxyl groups is 3. The van der Waals surface area contributed by atoms with Crippen LogP contribution in [0.1, 0.15) is 52.4 Å². The van der Waals surface area contributed by atoms with Crippen molar-refractivity contribution in [1.82, 2.24) is 21.3 Å². The Balaban J connectivity index is -0.000000602. The minimum Gasteiger partial charge on any atom is -0.480 e. The number of nitrogens with one attached hydrogen (secondary N) is 4. The molecule has 0 bridgehead atoms. The van der Waals surface area contributed by atoms with Gasteiger partial charge < -0.3 is 74.2 Å². The highest BCUT2D eigenvalue weighted by Crippen LogP contribution is 2.14. The standard InChI is InChI=1S/C23H45N7O9.3C2HF3O2/c1-12(32)17(30-22(37)18(13(2)33)29-19(34)14(26)7-3-5-9-24)21(36)27-15(8-4-6-10-25)20(35)28-16(11-31)23(38)39;3*3-2(4,5)1(6)7/h12-18,31-33H,3-11,24-26H2,1-2H3,(H,27,36)(H,28,35)(H,29,34)(H,30,37)(H,38,39);3*(H,6,7)/t12-,13-,14+,15+,16+,17+,18+;;;/m1.../s1. The van der Waals surface area contributed by atoms with Crippen LogP contribution in [0.2, 0.25) is 0 Å². The summed E-state index contributed by atoms with van der Waals surface area (Å²) in [6, 6.07) is -7.00. The molecule has 0 aromatic carbocycles. The smallest absolute Gasteiger partial charge is 0.480 e. The largest absolute Gasteiger partial charge is 0.490 e. The predicted molar refractivity (Wildman–Crippen MR) is 181 cm³/mol. The van der Waals surface area contributed by atoms with Gasteiger partial charge in [0.1, 0.15) is 24.2 Å². The van der Waals surface area contributed by atoms with E-state index < -0.39 is 115 Å². The molecule has 0 aromatic rings. The molecule has 60 heavy (non-hydrogen) atoms. The number of carboxylic acids is 4. The van der Waals surface area contributed by atoms with E-state index in [1.807, 2.05) is 0 Å². The van der Waals surface area contributed by atoms with Crippen molar-refractivity contribution in [2.45, 2.75) is 113 Å². The van der Waals surface area contributed by atoms with E-state index in [4.69, 9.17) is 52.0 Å². The van der Waals surface area contributed by atoms with Gasteiger partial charge in [-0.05, 0) is 59.0 Å². The number of carboxylic acid groups (broad SMARTS) is 4. The second-order valence-electron chi connectivity index (χ2n) is 11.7. The number of nitrogens with two attached hydrogens (primary N) is 3. The number of unbranched alkanes of at least 4 members (excludes halogenated alkanes) is 2. The Morgan fingerprint density at radius 3 is 1.10 bits per heavy atom. The monoisotopic (exact) mass is 905 g/mol. The Hall–Kier alpha value is -5.11. The normalized spacial score (nSPS) is 14.7. The van der Waals surface area contributed by atoms with E-state index in [2.05, 4.69) is 21.3 Å². The van der Waals surface area contributed by atoms with Crippen LogP contribution in [0.5, 0.6) is 0 Å². The zero-order valence-corrected chi connectivity index (χ0v) is 31.4. The zero-order chi connectivity index (χ0) is 48.4. The van der Waals surface area contributed by atoms with Crippen LogP contribution in [0, 0.1) is 0 Å². The molecule has 7 atom stereocenters. The Morgan fingerprint density at radius 1 is 0.517 bits per heavy atom. The molecule has 0 unspecified atom stereocenters. The second-order valence-corrected chi connectivity index (χ2v) is 11.7. The lowest BCUT2D eigenvalue weighted by Gasteiger charge is -2.28. The number of carbonyl (C=O) groups excluding carboxylic acids is 4. The third-order valence-electron chi connectivity index (χ3n) is 6.54. The average molecular weight is 906 g/mol. The number of aliphatic carboxylic acids is 4. The summed E-state index contributed by atoms with van der Waals surface area (Å²) in [6.07, 6.45) is -15.7. The van der Waals surface area contributed by atoms with Crippen molar-refractivity contribution < 1.29 is 114 Å². The highest BCUT2D eigenvalue weighted by molar-refractivity contribution is 5.96. The van der Waals surface area contributed by atoms with Crippen molar-refractivity contribution in [1.29, 1.82) is 0 Å². The first-order valence-corrected chi connectivity index (χ1v) is 16.6. The van der Waals surface area contributed by atoms with Gasteiger partial charge in [0, 0.05) is 0 Å². The number of halogens is 9. The predicted octanol–water partition coefficient (Wildman–Crippen LogP) is -2.75. The first-order valence-electron chi connectivity index (χ1n) is 16.6. The summed E-state index contributed by atoms with van der Waals surface area (Å²) in [5.74, 6) is -13.4. The minimum absolute atomic E-state index is 0.0431. The first kappa shape index (κ1) is 61.6. The fourth-order valence-corrected chi connectivity index (χ4v) is 3.43.